The molecule has 3 nitrogen and oxygen atoms in total. The summed E-state index contributed by atoms with van der Waals surface area (Å²) >= 11 is 0. The van der Waals surface area contributed by atoms with E-state index in [-0.39, 0.29) is 5.91 Å². The van der Waals surface area contributed by atoms with Crippen molar-refractivity contribution in [3.05, 3.63) is 60.2 Å². The van der Waals surface area contributed by atoms with Crippen LogP contribution in [0.2, 0.25) is 0 Å². The van der Waals surface area contributed by atoms with Crippen molar-refractivity contribution >= 4 is 11.6 Å². The Morgan fingerprint density at radius 1 is 1.04 bits per heavy atom. The fourth-order valence-corrected chi connectivity index (χ4v) is 3.00. The Labute approximate surface area is 137 Å². The zero-order chi connectivity index (χ0) is 16.1. The van der Waals surface area contributed by atoms with Crippen molar-refractivity contribution in [2.45, 2.75) is 32.6 Å². The molecule has 3 rings (SSSR count). The average Bonchev–Trinajstić information content (AvgIpc) is 2.61. The lowest BCUT2D eigenvalue weighted by atomic mass is 9.89. The molecule has 1 N–H and O–H groups in total. The van der Waals surface area contributed by atoms with E-state index in [4.69, 9.17) is 0 Å². The standard InChI is InChI=1S/C20H22N2O/c1-15-6-5-9-19(14-15)21-22-20(23)18-12-10-17(11-13-18)16-7-3-2-4-8-16/h2-4,7-8,10-13,15H,5-6,9,14H2,1H3,(H,22,23)/b21-19+/t15-/m1/s1. The largest absolute Gasteiger partial charge is 0.271 e. The smallest absolute Gasteiger partial charge is 0.267 e. The van der Waals surface area contributed by atoms with Gasteiger partial charge in [-0.2, -0.15) is 5.10 Å². The minimum Gasteiger partial charge on any atom is -0.267 e. The number of carbonyl (C=O) groups excluding carboxylic acids is 1. The monoisotopic (exact) mass is 306 g/mol. The normalized spacial score (nSPS) is 19.5. The summed E-state index contributed by atoms with van der Waals surface area (Å²) in [6.07, 6.45) is 4.42. The molecular weight excluding hydrogens is 284 g/mol. The van der Waals surface area contributed by atoms with Crippen LogP contribution in [0, 0.1) is 5.92 Å². The molecule has 2 aromatic rings. The van der Waals surface area contributed by atoms with Gasteiger partial charge in [0.05, 0.1) is 0 Å². The Kier molecular flexibility index (Phi) is 4.86. The lowest BCUT2D eigenvalue weighted by Gasteiger charge is -2.18. The third kappa shape index (κ3) is 4.07. The van der Waals surface area contributed by atoms with Crippen LogP contribution in [0.15, 0.2) is 59.7 Å². The van der Waals surface area contributed by atoms with Crippen LogP contribution in [0.25, 0.3) is 11.1 Å². The highest BCUT2D eigenvalue weighted by molar-refractivity contribution is 5.96. The average molecular weight is 306 g/mol. The van der Waals surface area contributed by atoms with Crippen LogP contribution in [0.4, 0.5) is 0 Å². The first-order valence-corrected chi connectivity index (χ1v) is 8.23. The number of rotatable bonds is 3. The molecule has 1 saturated carbocycles. The number of amides is 1. The van der Waals surface area contributed by atoms with Gasteiger partial charge >= 0.3 is 0 Å². The van der Waals surface area contributed by atoms with Crippen LogP contribution >= 0.6 is 0 Å². The van der Waals surface area contributed by atoms with Crippen LogP contribution in [0.3, 0.4) is 0 Å². The van der Waals surface area contributed by atoms with Gasteiger partial charge in [0.15, 0.2) is 0 Å². The zero-order valence-corrected chi connectivity index (χ0v) is 13.5. The third-order valence-corrected chi connectivity index (χ3v) is 4.32. The first-order chi connectivity index (χ1) is 11.2. The van der Waals surface area contributed by atoms with Crippen LogP contribution in [0.5, 0.6) is 0 Å². The predicted octanol–water partition coefficient (Wildman–Crippen LogP) is 4.65. The Balaban J connectivity index is 1.65. The molecule has 1 aliphatic rings. The molecule has 1 atom stereocenters. The Morgan fingerprint density at radius 2 is 1.74 bits per heavy atom. The zero-order valence-electron chi connectivity index (χ0n) is 13.5. The van der Waals surface area contributed by atoms with E-state index >= 15 is 0 Å². The van der Waals surface area contributed by atoms with Crippen LogP contribution in [0.1, 0.15) is 43.0 Å². The molecule has 0 aliphatic heterocycles. The van der Waals surface area contributed by atoms with Gasteiger partial charge in [0.1, 0.15) is 0 Å². The molecule has 0 radical (unpaired) electrons. The highest BCUT2D eigenvalue weighted by atomic mass is 16.2. The molecule has 23 heavy (non-hydrogen) atoms. The van der Waals surface area contributed by atoms with E-state index in [1.807, 2.05) is 42.5 Å². The molecule has 1 amide bonds. The molecule has 1 aliphatic carbocycles. The fraction of sp³-hybridized carbons (Fsp3) is 0.300. The van der Waals surface area contributed by atoms with Gasteiger partial charge in [-0.05, 0) is 54.9 Å². The molecule has 0 bridgehead atoms. The number of hydrogen-bond donors (Lipinski definition) is 1. The van der Waals surface area contributed by atoms with Gasteiger partial charge in [-0.15, -0.1) is 0 Å². The van der Waals surface area contributed by atoms with Crippen molar-refractivity contribution in [3.63, 3.8) is 0 Å². The number of hydrazone groups is 1. The highest BCUT2D eigenvalue weighted by Gasteiger charge is 2.14. The maximum atomic E-state index is 12.2. The number of hydrogen-bond acceptors (Lipinski definition) is 2. The van der Waals surface area contributed by atoms with Crippen molar-refractivity contribution in [1.82, 2.24) is 5.43 Å². The summed E-state index contributed by atoms with van der Waals surface area (Å²) in [4.78, 5) is 12.2. The van der Waals surface area contributed by atoms with Gasteiger partial charge in [-0.3, -0.25) is 4.79 Å². The van der Waals surface area contributed by atoms with E-state index in [0.29, 0.717) is 11.5 Å². The molecule has 3 heteroatoms. The number of carbonyl (C=O) groups is 1. The first kappa shape index (κ1) is 15.5. The van der Waals surface area contributed by atoms with Gasteiger partial charge in [0.25, 0.3) is 5.91 Å². The lowest BCUT2D eigenvalue weighted by molar-refractivity contribution is 0.0954. The van der Waals surface area contributed by atoms with E-state index in [0.717, 1.165) is 29.7 Å². The summed E-state index contributed by atoms with van der Waals surface area (Å²) in [5, 5.41) is 4.31. The topological polar surface area (TPSA) is 41.5 Å². The van der Waals surface area contributed by atoms with E-state index < -0.39 is 0 Å². The molecule has 0 heterocycles. The molecule has 0 unspecified atom stereocenters. The maximum absolute atomic E-state index is 12.2. The van der Waals surface area contributed by atoms with E-state index in [9.17, 15) is 4.79 Å². The van der Waals surface area contributed by atoms with Crippen LogP contribution in [-0.4, -0.2) is 11.6 Å². The summed E-state index contributed by atoms with van der Waals surface area (Å²) in [7, 11) is 0. The number of benzene rings is 2. The second-order valence-corrected chi connectivity index (χ2v) is 6.26. The van der Waals surface area contributed by atoms with Gasteiger partial charge in [0.2, 0.25) is 0 Å². The minimum absolute atomic E-state index is 0.143. The van der Waals surface area contributed by atoms with Gasteiger partial charge in [-0.1, -0.05) is 49.4 Å². The molecule has 1 fully saturated rings. The van der Waals surface area contributed by atoms with Crippen molar-refractivity contribution < 1.29 is 4.79 Å². The van der Waals surface area contributed by atoms with E-state index in [2.05, 4.69) is 29.6 Å². The number of nitrogens with zero attached hydrogens (tertiary/aromatic N) is 1. The Bertz CT molecular complexity index is 689. The summed E-state index contributed by atoms with van der Waals surface area (Å²) in [5.41, 5.74) is 6.70. The fourth-order valence-electron chi connectivity index (χ4n) is 3.00. The van der Waals surface area contributed by atoms with Crippen LogP contribution < -0.4 is 5.43 Å². The molecular formula is C20H22N2O. The van der Waals surface area contributed by atoms with E-state index in [1.54, 1.807) is 0 Å². The molecule has 0 spiro atoms. The predicted molar refractivity (Wildman–Crippen MR) is 94.4 cm³/mol. The van der Waals surface area contributed by atoms with Crippen LogP contribution in [-0.2, 0) is 0 Å². The second kappa shape index (κ2) is 7.23. The van der Waals surface area contributed by atoms with Crippen molar-refractivity contribution in [2.24, 2.45) is 11.0 Å². The van der Waals surface area contributed by atoms with Gasteiger partial charge < -0.3 is 0 Å². The summed E-state index contributed by atoms with van der Waals surface area (Å²) in [6.45, 7) is 2.23. The third-order valence-electron chi connectivity index (χ3n) is 4.32. The minimum atomic E-state index is -0.143. The quantitative estimate of drug-likeness (QED) is 0.824. The molecule has 0 aromatic heterocycles. The SMILES string of the molecule is C[C@@H]1CCC/C(=N\NC(=O)c2ccc(-c3ccccc3)cc2)C1. The van der Waals surface area contributed by atoms with Crippen molar-refractivity contribution in [3.8, 4) is 11.1 Å². The van der Waals surface area contributed by atoms with Crippen molar-refractivity contribution in [2.75, 3.05) is 0 Å². The second-order valence-electron chi connectivity index (χ2n) is 6.26. The van der Waals surface area contributed by atoms with Gasteiger partial charge in [0, 0.05) is 11.3 Å². The Morgan fingerprint density at radius 3 is 2.43 bits per heavy atom. The summed E-state index contributed by atoms with van der Waals surface area (Å²) < 4.78 is 0. The maximum Gasteiger partial charge on any atom is 0.271 e. The van der Waals surface area contributed by atoms with Crippen molar-refractivity contribution in [1.29, 1.82) is 0 Å². The molecule has 118 valence electrons. The number of nitrogens with one attached hydrogen (secondary N) is 1. The lowest BCUT2D eigenvalue weighted by Crippen LogP contribution is -2.22. The van der Waals surface area contributed by atoms with Gasteiger partial charge in [-0.25, -0.2) is 5.43 Å². The van der Waals surface area contributed by atoms with E-state index in [1.165, 1.54) is 12.8 Å². The highest BCUT2D eigenvalue weighted by Crippen LogP contribution is 2.21. The first-order valence-electron chi connectivity index (χ1n) is 8.23. The Hall–Kier alpha value is -2.42. The molecule has 0 saturated heterocycles. The molecule has 2 aromatic carbocycles. The summed E-state index contributed by atoms with van der Waals surface area (Å²) in [5.74, 6) is 0.528. The summed E-state index contributed by atoms with van der Waals surface area (Å²) in [6, 6.07) is 17.8.